The van der Waals surface area contributed by atoms with Crippen molar-refractivity contribution in [2.24, 2.45) is 0 Å². The first kappa shape index (κ1) is 17.5. The highest BCUT2D eigenvalue weighted by Crippen LogP contribution is 2.19. The van der Waals surface area contributed by atoms with Crippen LogP contribution in [0.4, 0.5) is 5.69 Å². The highest BCUT2D eigenvalue weighted by molar-refractivity contribution is 14.1. The van der Waals surface area contributed by atoms with Gasteiger partial charge >= 0.3 is 0 Å². The number of halogens is 1. The summed E-state index contributed by atoms with van der Waals surface area (Å²) in [5.41, 5.74) is 1.61. The van der Waals surface area contributed by atoms with E-state index in [1.807, 2.05) is 32.0 Å². The maximum absolute atomic E-state index is 12.6. The van der Waals surface area contributed by atoms with Gasteiger partial charge in [0, 0.05) is 22.2 Å². The van der Waals surface area contributed by atoms with Crippen molar-refractivity contribution in [3.05, 3.63) is 63.2 Å². The van der Waals surface area contributed by atoms with Crippen molar-refractivity contribution in [2.75, 3.05) is 18.4 Å². The van der Waals surface area contributed by atoms with E-state index in [0.29, 0.717) is 29.9 Å². The van der Waals surface area contributed by atoms with Gasteiger partial charge in [-0.1, -0.05) is 12.1 Å². The highest BCUT2D eigenvalue weighted by Gasteiger charge is 2.17. The van der Waals surface area contributed by atoms with Crippen LogP contribution in [0.25, 0.3) is 0 Å². The van der Waals surface area contributed by atoms with Crippen LogP contribution in [0.5, 0.6) is 0 Å². The van der Waals surface area contributed by atoms with Crippen LogP contribution in [0, 0.1) is 3.57 Å². The minimum absolute atomic E-state index is 0.0755. The van der Waals surface area contributed by atoms with Gasteiger partial charge in [0.2, 0.25) is 0 Å². The first-order valence-corrected chi connectivity index (χ1v) is 8.59. The fourth-order valence-corrected chi connectivity index (χ4v) is 2.62. The molecule has 5 heteroatoms. The molecule has 0 saturated carbocycles. The minimum Gasteiger partial charge on any atom is -0.339 e. The van der Waals surface area contributed by atoms with Crippen molar-refractivity contribution in [3.8, 4) is 0 Å². The average molecular weight is 422 g/mol. The lowest BCUT2D eigenvalue weighted by Crippen LogP contribution is -2.31. The predicted octanol–water partition coefficient (Wildman–Crippen LogP) is 4.03. The van der Waals surface area contributed by atoms with E-state index in [1.54, 1.807) is 35.2 Å². The number of anilines is 1. The summed E-state index contributed by atoms with van der Waals surface area (Å²) in [5.74, 6) is -0.297. The van der Waals surface area contributed by atoms with Gasteiger partial charge in [0.1, 0.15) is 0 Å². The number of para-hydroxylation sites is 1. The van der Waals surface area contributed by atoms with E-state index in [0.717, 1.165) is 3.57 Å². The van der Waals surface area contributed by atoms with Crippen LogP contribution in [0.3, 0.4) is 0 Å². The molecule has 0 aliphatic rings. The number of benzene rings is 2. The first-order valence-electron chi connectivity index (χ1n) is 7.52. The molecule has 2 rings (SSSR count). The summed E-state index contributed by atoms with van der Waals surface area (Å²) in [7, 11) is 0. The highest BCUT2D eigenvalue weighted by atomic mass is 127. The number of hydrogen-bond donors (Lipinski definition) is 1. The molecule has 0 saturated heterocycles. The van der Waals surface area contributed by atoms with E-state index in [9.17, 15) is 9.59 Å². The minimum atomic E-state index is -0.221. The van der Waals surface area contributed by atoms with Gasteiger partial charge in [-0.15, -0.1) is 0 Å². The molecule has 0 heterocycles. The SMILES string of the molecule is CCN(CC)C(=O)c1ccccc1NC(=O)c1ccc(I)cc1. The molecule has 0 fully saturated rings. The maximum atomic E-state index is 12.6. The summed E-state index contributed by atoms with van der Waals surface area (Å²) >= 11 is 2.19. The van der Waals surface area contributed by atoms with Crippen LogP contribution in [0.2, 0.25) is 0 Å². The Balaban J connectivity index is 2.25. The zero-order valence-electron chi connectivity index (χ0n) is 13.2. The number of carbonyl (C=O) groups is 2. The van der Waals surface area contributed by atoms with E-state index >= 15 is 0 Å². The van der Waals surface area contributed by atoms with Gasteiger partial charge in [-0.05, 0) is 72.8 Å². The Bertz CT molecular complexity index is 694. The third-order valence-electron chi connectivity index (χ3n) is 3.56. The van der Waals surface area contributed by atoms with Gasteiger partial charge in [0.25, 0.3) is 11.8 Å². The van der Waals surface area contributed by atoms with Gasteiger partial charge in [-0.25, -0.2) is 0 Å². The number of rotatable bonds is 5. The topological polar surface area (TPSA) is 49.4 Å². The van der Waals surface area contributed by atoms with E-state index in [2.05, 4.69) is 27.9 Å². The standard InChI is InChI=1S/C18H19IN2O2/c1-3-21(4-2)18(23)15-7-5-6-8-16(15)20-17(22)13-9-11-14(19)12-10-13/h5-12H,3-4H2,1-2H3,(H,20,22). The Labute approximate surface area is 150 Å². The normalized spacial score (nSPS) is 10.2. The molecule has 23 heavy (non-hydrogen) atoms. The largest absolute Gasteiger partial charge is 0.339 e. The van der Waals surface area contributed by atoms with Crippen molar-refractivity contribution < 1.29 is 9.59 Å². The molecule has 0 aliphatic carbocycles. The van der Waals surface area contributed by atoms with Gasteiger partial charge in [0.05, 0.1) is 11.3 Å². The fourth-order valence-electron chi connectivity index (χ4n) is 2.26. The molecule has 2 amide bonds. The Hall–Kier alpha value is -1.89. The van der Waals surface area contributed by atoms with Crippen molar-refractivity contribution in [1.29, 1.82) is 0 Å². The van der Waals surface area contributed by atoms with E-state index in [1.165, 1.54) is 0 Å². The quantitative estimate of drug-likeness (QED) is 0.740. The molecule has 120 valence electrons. The summed E-state index contributed by atoms with van der Waals surface area (Å²) in [5, 5.41) is 2.84. The fraction of sp³-hybridized carbons (Fsp3) is 0.222. The smallest absolute Gasteiger partial charge is 0.255 e. The Morgan fingerprint density at radius 1 is 1.00 bits per heavy atom. The second-order valence-electron chi connectivity index (χ2n) is 4.98. The third-order valence-corrected chi connectivity index (χ3v) is 4.28. The van der Waals surface area contributed by atoms with Crippen LogP contribution in [-0.2, 0) is 0 Å². The maximum Gasteiger partial charge on any atom is 0.255 e. The number of nitrogens with one attached hydrogen (secondary N) is 1. The van der Waals surface area contributed by atoms with Crippen LogP contribution in [0.15, 0.2) is 48.5 Å². The van der Waals surface area contributed by atoms with Crippen molar-refractivity contribution in [2.45, 2.75) is 13.8 Å². The number of carbonyl (C=O) groups excluding carboxylic acids is 2. The van der Waals surface area contributed by atoms with Gasteiger partial charge in [0.15, 0.2) is 0 Å². The summed E-state index contributed by atoms with van der Waals surface area (Å²) in [4.78, 5) is 26.7. The monoisotopic (exact) mass is 422 g/mol. The molecule has 0 aliphatic heterocycles. The molecule has 0 atom stereocenters. The molecule has 0 bridgehead atoms. The Morgan fingerprint density at radius 3 is 2.22 bits per heavy atom. The molecular weight excluding hydrogens is 403 g/mol. The lowest BCUT2D eigenvalue weighted by atomic mass is 10.1. The summed E-state index contributed by atoms with van der Waals surface area (Å²) in [6.45, 7) is 5.14. The molecule has 0 spiro atoms. The van der Waals surface area contributed by atoms with Crippen molar-refractivity contribution >= 4 is 40.1 Å². The molecule has 0 radical (unpaired) electrons. The zero-order chi connectivity index (χ0) is 16.8. The molecule has 4 nitrogen and oxygen atoms in total. The van der Waals surface area contributed by atoms with E-state index in [-0.39, 0.29) is 11.8 Å². The van der Waals surface area contributed by atoms with Crippen LogP contribution < -0.4 is 5.32 Å². The molecular formula is C18H19IN2O2. The average Bonchev–Trinajstić information content (AvgIpc) is 2.57. The lowest BCUT2D eigenvalue weighted by Gasteiger charge is -2.20. The van der Waals surface area contributed by atoms with E-state index < -0.39 is 0 Å². The Morgan fingerprint density at radius 2 is 1.61 bits per heavy atom. The molecule has 2 aromatic rings. The number of nitrogens with zero attached hydrogens (tertiary/aromatic N) is 1. The second-order valence-corrected chi connectivity index (χ2v) is 6.23. The number of amides is 2. The molecule has 2 aromatic carbocycles. The van der Waals surface area contributed by atoms with Crippen LogP contribution in [0.1, 0.15) is 34.6 Å². The zero-order valence-corrected chi connectivity index (χ0v) is 15.3. The van der Waals surface area contributed by atoms with Crippen LogP contribution in [-0.4, -0.2) is 29.8 Å². The van der Waals surface area contributed by atoms with Gasteiger partial charge in [-0.3, -0.25) is 9.59 Å². The first-order chi connectivity index (χ1) is 11.1. The van der Waals surface area contributed by atoms with Crippen molar-refractivity contribution in [1.82, 2.24) is 4.90 Å². The lowest BCUT2D eigenvalue weighted by molar-refractivity contribution is 0.0774. The predicted molar refractivity (Wildman–Crippen MR) is 101 cm³/mol. The molecule has 0 unspecified atom stereocenters. The Kier molecular flexibility index (Phi) is 6.15. The third kappa shape index (κ3) is 4.31. The molecule has 0 aromatic heterocycles. The molecule has 1 N–H and O–H groups in total. The van der Waals surface area contributed by atoms with Gasteiger partial charge in [-0.2, -0.15) is 0 Å². The summed E-state index contributed by atoms with van der Waals surface area (Å²) in [6, 6.07) is 14.4. The second kappa shape index (κ2) is 8.10. The number of hydrogen-bond acceptors (Lipinski definition) is 2. The summed E-state index contributed by atoms with van der Waals surface area (Å²) in [6.07, 6.45) is 0. The van der Waals surface area contributed by atoms with Crippen LogP contribution >= 0.6 is 22.6 Å². The summed E-state index contributed by atoms with van der Waals surface area (Å²) < 4.78 is 1.07. The van der Waals surface area contributed by atoms with Crippen molar-refractivity contribution in [3.63, 3.8) is 0 Å². The van der Waals surface area contributed by atoms with E-state index in [4.69, 9.17) is 0 Å². The van der Waals surface area contributed by atoms with Gasteiger partial charge < -0.3 is 10.2 Å².